The van der Waals surface area contributed by atoms with Crippen LogP contribution in [0.2, 0.25) is 5.02 Å². The SMILES string of the molecule is CCc1c(C(=O)Nc2ccc3c(c2)CCC(=O)N3Cc2ccc(Cl)cc2)cnn1-c1ccccn1. The van der Waals surface area contributed by atoms with E-state index in [1.54, 1.807) is 22.0 Å². The molecule has 1 aliphatic heterocycles. The van der Waals surface area contributed by atoms with Gasteiger partial charge in [-0.05, 0) is 66.4 Å². The summed E-state index contributed by atoms with van der Waals surface area (Å²) in [6, 6.07) is 18.8. The highest BCUT2D eigenvalue weighted by molar-refractivity contribution is 6.30. The van der Waals surface area contributed by atoms with E-state index in [1.165, 1.54) is 0 Å². The number of rotatable bonds is 6. The summed E-state index contributed by atoms with van der Waals surface area (Å²) in [7, 11) is 0. The van der Waals surface area contributed by atoms with Gasteiger partial charge < -0.3 is 10.2 Å². The molecule has 35 heavy (non-hydrogen) atoms. The molecular formula is C27H24ClN5O2. The third-order valence-electron chi connectivity index (χ3n) is 6.11. The lowest BCUT2D eigenvalue weighted by molar-refractivity contribution is -0.119. The van der Waals surface area contributed by atoms with Gasteiger partial charge in [0, 0.05) is 29.0 Å². The van der Waals surface area contributed by atoms with Crippen molar-refractivity contribution in [2.75, 3.05) is 10.2 Å². The Hall–Kier alpha value is -3.97. The fraction of sp³-hybridized carbons (Fsp3) is 0.185. The maximum Gasteiger partial charge on any atom is 0.259 e. The van der Waals surface area contributed by atoms with Gasteiger partial charge in [-0.1, -0.05) is 36.7 Å². The number of halogens is 1. The van der Waals surface area contributed by atoms with Gasteiger partial charge in [-0.3, -0.25) is 9.59 Å². The van der Waals surface area contributed by atoms with Crippen molar-refractivity contribution in [3.05, 3.63) is 100 Å². The minimum atomic E-state index is -0.228. The Morgan fingerprint density at radius 2 is 1.91 bits per heavy atom. The van der Waals surface area contributed by atoms with Crippen molar-refractivity contribution in [3.63, 3.8) is 0 Å². The highest BCUT2D eigenvalue weighted by Gasteiger charge is 2.25. The second-order valence-corrected chi connectivity index (χ2v) is 8.80. The van der Waals surface area contributed by atoms with Gasteiger partial charge in [0.25, 0.3) is 5.91 Å². The Morgan fingerprint density at radius 1 is 1.09 bits per heavy atom. The van der Waals surface area contributed by atoms with E-state index in [-0.39, 0.29) is 11.8 Å². The third-order valence-corrected chi connectivity index (χ3v) is 6.36. The highest BCUT2D eigenvalue weighted by Crippen LogP contribution is 2.32. The van der Waals surface area contributed by atoms with Gasteiger partial charge >= 0.3 is 0 Å². The molecule has 2 aromatic heterocycles. The Bertz CT molecular complexity index is 1380. The van der Waals surface area contributed by atoms with Gasteiger partial charge in [0.15, 0.2) is 5.82 Å². The number of benzene rings is 2. The summed E-state index contributed by atoms with van der Waals surface area (Å²) in [6.45, 7) is 2.46. The first-order valence-electron chi connectivity index (χ1n) is 11.5. The lowest BCUT2D eigenvalue weighted by Gasteiger charge is -2.30. The minimum Gasteiger partial charge on any atom is -0.322 e. The van der Waals surface area contributed by atoms with Crippen LogP contribution in [0.25, 0.3) is 5.82 Å². The molecule has 0 saturated carbocycles. The molecule has 0 unspecified atom stereocenters. The van der Waals surface area contributed by atoms with Gasteiger partial charge in [0.2, 0.25) is 5.91 Å². The number of aromatic nitrogens is 3. The smallest absolute Gasteiger partial charge is 0.259 e. The van der Waals surface area contributed by atoms with E-state index >= 15 is 0 Å². The predicted octanol–water partition coefficient (Wildman–Crippen LogP) is 5.21. The zero-order valence-electron chi connectivity index (χ0n) is 19.2. The van der Waals surface area contributed by atoms with E-state index < -0.39 is 0 Å². The number of hydrogen-bond donors (Lipinski definition) is 1. The number of nitrogens with one attached hydrogen (secondary N) is 1. The Labute approximate surface area is 208 Å². The summed E-state index contributed by atoms with van der Waals surface area (Å²) < 4.78 is 1.70. The molecule has 0 saturated heterocycles. The van der Waals surface area contributed by atoms with Crippen molar-refractivity contribution in [1.29, 1.82) is 0 Å². The average Bonchev–Trinajstić information content (AvgIpc) is 3.32. The number of carbonyl (C=O) groups is 2. The molecule has 0 fully saturated rings. The minimum absolute atomic E-state index is 0.0822. The molecule has 0 bridgehead atoms. The summed E-state index contributed by atoms with van der Waals surface area (Å²) in [5, 5.41) is 8.06. The van der Waals surface area contributed by atoms with Crippen LogP contribution in [0.5, 0.6) is 0 Å². The first kappa shape index (κ1) is 22.8. The summed E-state index contributed by atoms with van der Waals surface area (Å²) in [6.07, 6.45) is 4.96. The lowest BCUT2D eigenvalue weighted by Crippen LogP contribution is -2.34. The molecule has 2 aromatic carbocycles. The Kier molecular flexibility index (Phi) is 6.33. The molecule has 0 aliphatic carbocycles. The van der Waals surface area contributed by atoms with E-state index in [2.05, 4.69) is 15.4 Å². The van der Waals surface area contributed by atoms with Crippen LogP contribution >= 0.6 is 11.6 Å². The molecule has 2 amide bonds. The summed E-state index contributed by atoms with van der Waals surface area (Å²) in [4.78, 5) is 31.9. The van der Waals surface area contributed by atoms with E-state index in [9.17, 15) is 9.59 Å². The first-order chi connectivity index (χ1) is 17.0. The number of amides is 2. The fourth-order valence-corrected chi connectivity index (χ4v) is 4.49. The van der Waals surface area contributed by atoms with Crippen LogP contribution in [-0.4, -0.2) is 26.6 Å². The highest BCUT2D eigenvalue weighted by atomic mass is 35.5. The molecule has 0 spiro atoms. The average molecular weight is 486 g/mol. The molecule has 3 heterocycles. The van der Waals surface area contributed by atoms with Crippen molar-refractivity contribution >= 4 is 34.8 Å². The largest absolute Gasteiger partial charge is 0.322 e. The summed E-state index contributed by atoms with van der Waals surface area (Å²) in [5.74, 6) is 0.523. The second-order valence-electron chi connectivity index (χ2n) is 8.36. The maximum absolute atomic E-state index is 13.1. The predicted molar refractivity (Wildman–Crippen MR) is 136 cm³/mol. The maximum atomic E-state index is 13.1. The molecule has 4 aromatic rings. The van der Waals surface area contributed by atoms with E-state index in [0.29, 0.717) is 47.9 Å². The normalized spacial score (nSPS) is 13.0. The zero-order valence-corrected chi connectivity index (χ0v) is 20.0. The number of nitrogens with zero attached hydrogens (tertiary/aromatic N) is 4. The molecule has 7 nitrogen and oxygen atoms in total. The molecule has 176 valence electrons. The first-order valence-corrected chi connectivity index (χ1v) is 11.9. The number of carbonyl (C=O) groups excluding carboxylic acids is 2. The van der Waals surface area contributed by atoms with Crippen LogP contribution in [0.1, 0.15) is 40.5 Å². The van der Waals surface area contributed by atoms with Gasteiger partial charge in [-0.15, -0.1) is 0 Å². The topological polar surface area (TPSA) is 80.1 Å². The van der Waals surface area contributed by atoms with Crippen molar-refractivity contribution in [2.24, 2.45) is 0 Å². The number of aryl methyl sites for hydroxylation is 1. The number of hydrogen-bond acceptors (Lipinski definition) is 4. The number of pyridine rings is 1. The van der Waals surface area contributed by atoms with Gasteiger partial charge in [-0.25, -0.2) is 9.67 Å². The molecule has 1 aliphatic rings. The fourth-order valence-electron chi connectivity index (χ4n) is 4.36. The van der Waals surface area contributed by atoms with Crippen LogP contribution in [0.15, 0.2) is 73.1 Å². The second kappa shape index (κ2) is 9.72. The third kappa shape index (κ3) is 4.68. The van der Waals surface area contributed by atoms with Gasteiger partial charge in [0.05, 0.1) is 24.0 Å². The van der Waals surface area contributed by atoms with Crippen LogP contribution in [0, 0.1) is 0 Å². The quantitative estimate of drug-likeness (QED) is 0.406. The zero-order chi connectivity index (χ0) is 24.4. The molecular weight excluding hydrogens is 462 g/mol. The van der Waals surface area contributed by atoms with Crippen LogP contribution in [-0.2, 0) is 24.2 Å². The Balaban J connectivity index is 1.37. The van der Waals surface area contributed by atoms with Crippen LogP contribution < -0.4 is 10.2 Å². The van der Waals surface area contributed by atoms with Crippen molar-refractivity contribution in [3.8, 4) is 5.82 Å². The molecule has 5 rings (SSSR count). The van der Waals surface area contributed by atoms with Crippen molar-refractivity contribution < 1.29 is 9.59 Å². The van der Waals surface area contributed by atoms with Crippen molar-refractivity contribution in [1.82, 2.24) is 14.8 Å². The summed E-state index contributed by atoms with van der Waals surface area (Å²) in [5.41, 5.74) is 4.88. The van der Waals surface area contributed by atoms with E-state index in [1.807, 2.05) is 67.6 Å². The van der Waals surface area contributed by atoms with E-state index in [0.717, 1.165) is 22.5 Å². The number of fused-ring (bicyclic) bond motifs is 1. The molecule has 0 atom stereocenters. The molecule has 0 radical (unpaired) electrons. The number of anilines is 2. The standard InChI is InChI=1S/C27H24ClN5O2/c1-2-23-22(16-30-33(23)25-5-3-4-14-29-25)27(35)31-21-11-12-24-19(15-21)8-13-26(34)32(24)17-18-6-9-20(28)10-7-18/h3-7,9-12,14-16H,2,8,13,17H2,1H3,(H,31,35). The lowest BCUT2D eigenvalue weighted by atomic mass is 9.99. The molecule has 8 heteroatoms. The summed E-state index contributed by atoms with van der Waals surface area (Å²) >= 11 is 6.00. The van der Waals surface area contributed by atoms with Crippen LogP contribution in [0.4, 0.5) is 11.4 Å². The van der Waals surface area contributed by atoms with Gasteiger partial charge in [0.1, 0.15) is 0 Å². The monoisotopic (exact) mass is 485 g/mol. The van der Waals surface area contributed by atoms with E-state index in [4.69, 9.17) is 11.6 Å². The van der Waals surface area contributed by atoms with Crippen molar-refractivity contribution in [2.45, 2.75) is 32.7 Å². The van der Waals surface area contributed by atoms with Crippen LogP contribution in [0.3, 0.4) is 0 Å². The Morgan fingerprint density at radius 3 is 2.66 bits per heavy atom. The molecule has 1 N–H and O–H groups in total. The van der Waals surface area contributed by atoms with Gasteiger partial charge in [-0.2, -0.15) is 5.10 Å².